The first kappa shape index (κ1) is 26.1. The Labute approximate surface area is 200 Å². The molecule has 2 fully saturated rings. The first-order valence-electron chi connectivity index (χ1n) is 12.6. The molecule has 0 spiro atoms. The largest absolute Gasteiger partial charge is 0.379 e. The van der Waals surface area contributed by atoms with Crippen LogP contribution in [0.15, 0.2) is 29.2 Å². The quantitative estimate of drug-likeness (QED) is 0.456. The molecule has 0 aliphatic carbocycles. The zero-order valence-electron chi connectivity index (χ0n) is 20.4. The van der Waals surface area contributed by atoms with Gasteiger partial charge in [-0.15, -0.1) is 0 Å². The summed E-state index contributed by atoms with van der Waals surface area (Å²) >= 11 is 0. The van der Waals surface area contributed by atoms with Crippen LogP contribution in [0.4, 0.5) is 0 Å². The smallest absolute Gasteiger partial charge is 0.243 e. The number of benzene rings is 1. The molecule has 2 aliphatic heterocycles. The Morgan fingerprint density at radius 3 is 2.45 bits per heavy atom. The van der Waals surface area contributed by atoms with Gasteiger partial charge in [0, 0.05) is 39.1 Å². The molecule has 2 saturated heterocycles. The molecule has 8 heteroatoms. The summed E-state index contributed by atoms with van der Waals surface area (Å²) in [6, 6.07) is 7.39. The van der Waals surface area contributed by atoms with E-state index in [1.54, 1.807) is 12.1 Å². The lowest BCUT2D eigenvalue weighted by molar-refractivity contribution is -0.130. The van der Waals surface area contributed by atoms with Crippen LogP contribution < -0.4 is 0 Å². The van der Waals surface area contributed by atoms with E-state index >= 15 is 0 Å². The third-order valence-corrected chi connectivity index (χ3v) is 8.77. The molecule has 0 aromatic heterocycles. The third-order valence-electron chi connectivity index (χ3n) is 6.86. The minimum absolute atomic E-state index is 0.317. The van der Waals surface area contributed by atoms with E-state index in [-0.39, 0.29) is 0 Å². The minimum atomic E-state index is -3.45. The number of likely N-dealkylation sites (tertiary alicyclic amines) is 1. The first-order valence-corrected chi connectivity index (χ1v) is 14.0. The molecule has 0 N–H and O–H groups in total. The summed E-state index contributed by atoms with van der Waals surface area (Å²) in [5.41, 5.74) is 1.16. The number of ether oxygens (including phenoxy) is 1. The van der Waals surface area contributed by atoms with Gasteiger partial charge in [0.25, 0.3) is 0 Å². The summed E-state index contributed by atoms with van der Waals surface area (Å²) in [6.45, 7) is 10.9. The van der Waals surface area contributed by atoms with Crippen molar-refractivity contribution >= 4 is 15.9 Å². The average Bonchev–Trinajstić information content (AvgIpc) is 3.05. The van der Waals surface area contributed by atoms with Crippen LogP contribution in [0.5, 0.6) is 0 Å². The molecule has 1 unspecified atom stereocenters. The highest BCUT2D eigenvalue weighted by molar-refractivity contribution is 7.89. The number of amides is 1. The molecule has 3 rings (SSSR count). The molecule has 186 valence electrons. The van der Waals surface area contributed by atoms with Gasteiger partial charge < -0.3 is 14.5 Å². The normalized spacial score (nSPS) is 19.6. The van der Waals surface area contributed by atoms with Gasteiger partial charge in [0.05, 0.1) is 18.1 Å². The molecule has 1 aromatic carbocycles. The van der Waals surface area contributed by atoms with Crippen molar-refractivity contribution in [3.8, 4) is 0 Å². The molecule has 0 radical (unpaired) electrons. The Balaban J connectivity index is 1.46. The molecule has 33 heavy (non-hydrogen) atoms. The maximum atomic E-state index is 12.8. The Hall–Kier alpha value is -1.48. The van der Waals surface area contributed by atoms with Gasteiger partial charge in [0.2, 0.25) is 15.9 Å². The fourth-order valence-corrected chi connectivity index (χ4v) is 6.10. The van der Waals surface area contributed by atoms with Crippen molar-refractivity contribution in [3.05, 3.63) is 29.8 Å². The summed E-state index contributed by atoms with van der Waals surface area (Å²) < 4.78 is 32.4. The van der Waals surface area contributed by atoms with E-state index in [1.165, 1.54) is 10.7 Å². The molecule has 0 bridgehead atoms. The van der Waals surface area contributed by atoms with E-state index in [4.69, 9.17) is 4.74 Å². The van der Waals surface area contributed by atoms with Crippen molar-refractivity contribution in [2.75, 3.05) is 59.0 Å². The molecular weight excluding hydrogens is 438 g/mol. The van der Waals surface area contributed by atoms with Crippen molar-refractivity contribution in [2.24, 2.45) is 0 Å². The van der Waals surface area contributed by atoms with Crippen LogP contribution in [0.1, 0.15) is 63.9 Å². The predicted molar refractivity (Wildman–Crippen MR) is 131 cm³/mol. The van der Waals surface area contributed by atoms with Gasteiger partial charge >= 0.3 is 0 Å². The summed E-state index contributed by atoms with van der Waals surface area (Å²) in [6.07, 6.45) is 6.19. The molecular formula is C25H41N3O4S. The van der Waals surface area contributed by atoms with Crippen molar-refractivity contribution in [1.82, 2.24) is 14.1 Å². The maximum absolute atomic E-state index is 12.8. The maximum Gasteiger partial charge on any atom is 0.243 e. The van der Waals surface area contributed by atoms with E-state index in [0.29, 0.717) is 49.4 Å². The van der Waals surface area contributed by atoms with E-state index in [0.717, 1.165) is 64.0 Å². The van der Waals surface area contributed by atoms with E-state index < -0.39 is 10.0 Å². The lowest BCUT2D eigenvalue weighted by Crippen LogP contribution is -2.40. The van der Waals surface area contributed by atoms with Crippen LogP contribution in [0, 0.1) is 0 Å². The Kier molecular flexibility index (Phi) is 10.2. The number of rotatable bonds is 11. The fourth-order valence-electron chi connectivity index (χ4n) is 4.69. The van der Waals surface area contributed by atoms with Crippen LogP contribution in [0.3, 0.4) is 0 Å². The monoisotopic (exact) mass is 479 g/mol. The summed E-state index contributed by atoms with van der Waals surface area (Å²) in [7, 11) is -3.45. The Morgan fingerprint density at radius 1 is 1.03 bits per heavy atom. The number of morpholine rings is 1. The average molecular weight is 480 g/mol. The number of nitrogens with zero attached hydrogens (tertiary/aromatic N) is 3. The number of unbranched alkanes of at least 4 members (excludes halogenated alkanes) is 1. The van der Waals surface area contributed by atoms with Gasteiger partial charge in [-0.2, -0.15) is 4.31 Å². The van der Waals surface area contributed by atoms with Gasteiger partial charge in [0.15, 0.2) is 0 Å². The van der Waals surface area contributed by atoms with Crippen LogP contribution in [0.2, 0.25) is 0 Å². The zero-order chi connectivity index (χ0) is 23.7. The SMILES string of the molecule is CCN(CCCCN1CCCCCC1=O)CC(C)c1ccc(S(=O)(=O)N2CCOCC2)cc1. The second-order valence-corrected chi connectivity index (χ2v) is 11.2. The second-order valence-electron chi connectivity index (χ2n) is 9.28. The molecule has 0 saturated carbocycles. The Bertz CT molecular complexity index is 838. The highest BCUT2D eigenvalue weighted by Crippen LogP contribution is 2.22. The lowest BCUT2D eigenvalue weighted by Gasteiger charge is -2.27. The second kappa shape index (κ2) is 12.8. The number of hydrogen-bond acceptors (Lipinski definition) is 5. The number of likely N-dealkylation sites (N-methyl/N-ethyl adjacent to an activating group) is 1. The van der Waals surface area contributed by atoms with Crippen LogP contribution >= 0.6 is 0 Å². The van der Waals surface area contributed by atoms with Gasteiger partial charge in [-0.1, -0.05) is 32.4 Å². The van der Waals surface area contributed by atoms with Crippen molar-refractivity contribution < 1.29 is 17.9 Å². The first-order chi connectivity index (χ1) is 15.9. The van der Waals surface area contributed by atoms with E-state index in [9.17, 15) is 13.2 Å². The van der Waals surface area contributed by atoms with Gasteiger partial charge in [0.1, 0.15) is 0 Å². The minimum Gasteiger partial charge on any atom is -0.379 e. The zero-order valence-corrected chi connectivity index (χ0v) is 21.2. The van der Waals surface area contributed by atoms with Gasteiger partial charge in [-0.25, -0.2) is 8.42 Å². The molecule has 2 aliphatic rings. The number of carbonyl (C=O) groups excluding carboxylic acids is 1. The summed E-state index contributed by atoms with van der Waals surface area (Å²) in [5.74, 6) is 0.643. The summed E-state index contributed by atoms with van der Waals surface area (Å²) in [4.78, 5) is 17.0. The molecule has 1 amide bonds. The topological polar surface area (TPSA) is 70.2 Å². The molecule has 1 atom stereocenters. The van der Waals surface area contributed by atoms with Crippen molar-refractivity contribution in [3.63, 3.8) is 0 Å². The predicted octanol–water partition coefficient (Wildman–Crippen LogP) is 3.32. The highest BCUT2D eigenvalue weighted by atomic mass is 32.2. The fraction of sp³-hybridized carbons (Fsp3) is 0.720. The molecule has 7 nitrogen and oxygen atoms in total. The number of carbonyl (C=O) groups is 1. The lowest BCUT2D eigenvalue weighted by atomic mass is 10.0. The van der Waals surface area contributed by atoms with Crippen LogP contribution in [-0.2, 0) is 19.6 Å². The van der Waals surface area contributed by atoms with E-state index in [1.807, 2.05) is 12.1 Å². The Morgan fingerprint density at radius 2 is 1.76 bits per heavy atom. The van der Waals surface area contributed by atoms with E-state index in [2.05, 4.69) is 23.6 Å². The van der Waals surface area contributed by atoms with Gasteiger partial charge in [-0.3, -0.25) is 4.79 Å². The van der Waals surface area contributed by atoms with Crippen LogP contribution in [0.25, 0.3) is 0 Å². The number of hydrogen-bond donors (Lipinski definition) is 0. The standard InChI is InChI=1S/C25H41N3O4S/c1-3-26(14-7-8-16-27-15-6-4-5-9-25(27)29)21-22(2)23-10-12-24(13-11-23)33(30,31)28-17-19-32-20-18-28/h10-13,22H,3-9,14-21H2,1-2H3. The molecule has 1 aromatic rings. The highest BCUT2D eigenvalue weighted by Gasteiger charge is 2.26. The third kappa shape index (κ3) is 7.50. The number of sulfonamides is 1. The van der Waals surface area contributed by atoms with Crippen LogP contribution in [-0.4, -0.2) is 87.5 Å². The summed E-state index contributed by atoms with van der Waals surface area (Å²) in [5, 5.41) is 0. The molecule has 2 heterocycles. The van der Waals surface area contributed by atoms with Gasteiger partial charge in [-0.05, 0) is 62.4 Å². The van der Waals surface area contributed by atoms with Crippen molar-refractivity contribution in [1.29, 1.82) is 0 Å². The van der Waals surface area contributed by atoms with Crippen molar-refractivity contribution in [2.45, 2.75) is 63.2 Å².